The number of nitrogens with zero attached hydrogens (tertiary/aromatic N) is 5. The maximum atomic E-state index is 4.37. The number of aromatic nitrogens is 4. The lowest BCUT2D eigenvalue weighted by Crippen LogP contribution is -1.94. The molecule has 0 atom stereocenters. The Morgan fingerprint density at radius 1 is 1.44 bits per heavy atom. The molecule has 0 N–H and O–H groups in total. The van der Waals surface area contributed by atoms with Gasteiger partial charge < -0.3 is 4.57 Å². The molecule has 0 fully saturated rings. The lowest BCUT2D eigenvalue weighted by Gasteiger charge is -1.99. The predicted molar refractivity (Wildman–Crippen MR) is 64.6 cm³/mol. The van der Waals surface area contributed by atoms with Crippen molar-refractivity contribution in [3.8, 4) is 11.4 Å². The monoisotopic (exact) mass is 215 g/mol. The Morgan fingerprint density at radius 2 is 2.19 bits per heavy atom. The number of imidazole rings is 1. The van der Waals surface area contributed by atoms with Gasteiger partial charge in [-0.15, -0.1) is 0 Å². The maximum Gasteiger partial charge on any atom is 0.155 e. The fourth-order valence-corrected chi connectivity index (χ4v) is 1.44. The highest BCUT2D eigenvalue weighted by Gasteiger charge is 2.10. The Hall–Kier alpha value is -2.17. The lowest BCUT2D eigenvalue weighted by atomic mass is 10.3. The van der Waals surface area contributed by atoms with Crippen LogP contribution in [0.1, 0.15) is 6.92 Å². The van der Waals surface area contributed by atoms with Crippen LogP contribution in [0, 0.1) is 0 Å². The van der Waals surface area contributed by atoms with Crippen molar-refractivity contribution in [1.82, 2.24) is 19.3 Å². The second kappa shape index (κ2) is 3.77. The largest absolute Gasteiger partial charge is 0.340 e. The van der Waals surface area contributed by atoms with E-state index in [1.165, 1.54) is 0 Å². The molecule has 0 unspecified atom stereocenters. The fraction of sp³-hybridized carbons (Fsp3) is 0.182. The summed E-state index contributed by atoms with van der Waals surface area (Å²) in [6, 6.07) is 1.84. The van der Waals surface area contributed by atoms with Crippen LogP contribution in [0.15, 0.2) is 30.2 Å². The van der Waals surface area contributed by atoms with Crippen LogP contribution in [0.3, 0.4) is 0 Å². The number of aliphatic imine (C=N–C) groups is 1. The van der Waals surface area contributed by atoms with Gasteiger partial charge in [0.25, 0.3) is 0 Å². The number of hydrogen-bond donors (Lipinski definition) is 0. The van der Waals surface area contributed by atoms with Gasteiger partial charge in [-0.3, -0.25) is 0 Å². The first kappa shape index (κ1) is 10.4. The molecule has 0 radical (unpaired) electrons. The van der Waals surface area contributed by atoms with E-state index in [0.29, 0.717) is 5.82 Å². The smallest absolute Gasteiger partial charge is 0.155 e. The molecule has 2 aromatic heterocycles. The standard InChI is InChI=1S/C11H13N5/c1-8(2)16-11(12-3)5-9(14-16)10-6-15(4)7-13-10/h5-7H,1,3H2,2,4H3. The summed E-state index contributed by atoms with van der Waals surface area (Å²) in [5, 5.41) is 4.37. The van der Waals surface area contributed by atoms with Gasteiger partial charge >= 0.3 is 0 Å². The summed E-state index contributed by atoms with van der Waals surface area (Å²) in [6.07, 6.45) is 3.63. The van der Waals surface area contributed by atoms with Crippen LogP contribution in [0.2, 0.25) is 0 Å². The van der Waals surface area contributed by atoms with Crippen LogP contribution in [0.5, 0.6) is 0 Å². The van der Waals surface area contributed by atoms with Gasteiger partial charge in [-0.25, -0.2) is 14.7 Å². The van der Waals surface area contributed by atoms with E-state index in [2.05, 4.69) is 28.4 Å². The zero-order valence-electron chi connectivity index (χ0n) is 9.38. The minimum Gasteiger partial charge on any atom is -0.340 e. The van der Waals surface area contributed by atoms with E-state index in [4.69, 9.17) is 0 Å². The topological polar surface area (TPSA) is 48.0 Å². The summed E-state index contributed by atoms with van der Waals surface area (Å²) in [4.78, 5) is 8.13. The van der Waals surface area contributed by atoms with E-state index in [-0.39, 0.29) is 0 Å². The SMILES string of the molecule is C=Nc1cc(-c2cn(C)cn2)nn1C(=C)C. The highest BCUT2D eigenvalue weighted by molar-refractivity contribution is 5.62. The Balaban J connectivity index is 2.51. The van der Waals surface area contributed by atoms with Crippen LogP contribution < -0.4 is 0 Å². The highest BCUT2D eigenvalue weighted by atomic mass is 15.3. The second-order valence-electron chi connectivity index (χ2n) is 3.62. The Labute approximate surface area is 93.8 Å². The van der Waals surface area contributed by atoms with Crippen molar-refractivity contribution in [1.29, 1.82) is 0 Å². The van der Waals surface area contributed by atoms with Crippen molar-refractivity contribution in [2.75, 3.05) is 0 Å². The maximum absolute atomic E-state index is 4.37. The van der Waals surface area contributed by atoms with Crippen molar-refractivity contribution >= 4 is 18.2 Å². The molecule has 16 heavy (non-hydrogen) atoms. The Kier molecular flexibility index (Phi) is 2.44. The fourth-order valence-electron chi connectivity index (χ4n) is 1.44. The minimum absolute atomic E-state index is 0.674. The third kappa shape index (κ3) is 1.67. The van der Waals surface area contributed by atoms with Gasteiger partial charge in [0.15, 0.2) is 5.82 Å². The van der Waals surface area contributed by atoms with Crippen molar-refractivity contribution in [3.63, 3.8) is 0 Å². The average molecular weight is 215 g/mol. The van der Waals surface area contributed by atoms with E-state index >= 15 is 0 Å². The number of hydrogen-bond acceptors (Lipinski definition) is 3. The number of rotatable bonds is 3. The predicted octanol–water partition coefficient (Wildman–Crippen LogP) is 2.11. The third-order valence-electron chi connectivity index (χ3n) is 2.18. The van der Waals surface area contributed by atoms with Crippen molar-refractivity contribution in [2.24, 2.45) is 12.0 Å². The van der Waals surface area contributed by atoms with E-state index in [9.17, 15) is 0 Å². The summed E-state index contributed by atoms with van der Waals surface area (Å²) in [5.74, 6) is 0.674. The molecule has 0 amide bonds. The summed E-state index contributed by atoms with van der Waals surface area (Å²) in [5.41, 5.74) is 2.38. The molecule has 0 aromatic carbocycles. The van der Waals surface area contributed by atoms with Crippen LogP contribution in [-0.2, 0) is 7.05 Å². The minimum atomic E-state index is 0.674. The second-order valence-corrected chi connectivity index (χ2v) is 3.62. The molecular weight excluding hydrogens is 202 g/mol. The van der Waals surface area contributed by atoms with Crippen molar-refractivity contribution in [2.45, 2.75) is 6.92 Å². The molecule has 82 valence electrons. The molecule has 2 heterocycles. The zero-order chi connectivity index (χ0) is 11.7. The summed E-state index contributed by atoms with van der Waals surface area (Å²) in [7, 11) is 1.92. The third-order valence-corrected chi connectivity index (χ3v) is 2.18. The molecule has 0 saturated heterocycles. The van der Waals surface area contributed by atoms with Gasteiger partial charge in [0, 0.05) is 25.0 Å². The molecule has 0 saturated carbocycles. The van der Waals surface area contributed by atoms with E-state index in [1.54, 1.807) is 11.0 Å². The van der Waals surface area contributed by atoms with Crippen LogP contribution in [0.4, 0.5) is 5.82 Å². The zero-order valence-corrected chi connectivity index (χ0v) is 9.38. The van der Waals surface area contributed by atoms with Gasteiger partial charge in [-0.1, -0.05) is 6.58 Å². The van der Waals surface area contributed by atoms with Gasteiger partial charge in [0.05, 0.1) is 6.33 Å². The first-order valence-corrected chi connectivity index (χ1v) is 4.83. The first-order valence-electron chi connectivity index (χ1n) is 4.83. The quantitative estimate of drug-likeness (QED) is 0.736. The van der Waals surface area contributed by atoms with E-state index in [0.717, 1.165) is 17.1 Å². The normalized spacial score (nSPS) is 10.4. The molecule has 0 aliphatic rings. The van der Waals surface area contributed by atoms with Crippen molar-refractivity contribution < 1.29 is 0 Å². The summed E-state index contributed by atoms with van der Waals surface area (Å²) < 4.78 is 3.52. The number of allylic oxidation sites excluding steroid dienone is 1. The van der Waals surface area contributed by atoms with E-state index < -0.39 is 0 Å². The van der Waals surface area contributed by atoms with Crippen LogP contribution in [-0.4, -0.2) is 26.0 Å². The van der Waals surface area contributed by atoms with Crippen LogP contribution in [0.25, 0.3) is 17.1 Å². The van der Waals surface area contributed by atoms with Gasteiger partial charge in [0.2, 0.25) is 0 Å². The molecule has 0 spiro atoms. The molecule has 5 nitrogen and oxygen atoms in total. The molecular formula is C11H13N5. The molecule has 0 aliphatic heterocycles. The Bertz CT molecular complexity index is 546. The molecule has 2 rings (SSSR count). The lowest BCUT2D eigenvalue weighted by molar-refractivity contribution is 0.900. The molecule has 2 aromatic rings. The molecule has 0 bridgehead atoms. The average Bonchev–Trinajstić information content (AvgIpc) is 2.82. The van der Waals surface area contributed by atoms with Crippen LogP contribution >= 0.6 is 0 Å². The molecule has 0 aliphatic carbocycles. The first-order chi connectivity index (χ1) is 7.61. The van der Waals surface area contributed by atoms with Gasteiger partial charge in [-0.2, -0.15) is 5.10 Å². The summed E-state index contributed by atoms with van der Waals surface area (Å²) in [6.45, 7) is 9.21. The highest BCUT2D eigenvalue weighted by Crippen LogP contribution is 2.23. The van der Waals surface area contributed by atoms with E-state index in [1.807, 2.05) is 30.8 Å². The van der Waals surface area contributed by atoms with Gasteiger partial charge in [-0.05, 0) is 13.6 Å². The van der Waals surface area contributed by atoms with Crippen molar-refractivity contribution in [3.05, 3.63) is 25.2 Å². The number of aryl methyl sites for hydroxylation is 1. The molecule has 5 heteroatoms. The Morgan fingerprint density at radius 3 is 2.62 bits per heavy atom. The van der Waals surface area contributed by atoms with Gasteiger partial charge in [0.1, 0.15) is 11.4 Å². The summed E-state index contributed by atoms with van der Waals surface area (Å²) >= 11 is 0.